The first-order chi connectivity index (χ1) is 11.9. The van der Waals surface area contributed by atoms with E-state index in [9.17, 15) is 29.4 Å². The van der Waals surface area contributed by atoms with E-state index in [0.29, 0.717) is 0 Å². The van der Waals surface area contributed by atoms with Crippen molar-refractivity contribution in [1.29, 1.82) is 0 Å². The molecular weight excluding hydrogens is 348 g/mol. The molecule has 0 bridgehead atoms. The molecule has 5 unspecified atom stereocenters. The highest BCUT2D eigenvalue weighted by Crippen LogP contribution is 2.05. The molecule has 0 aliphatic carbocycles. The summed E-state index contributed by atoms with van der Waals surface area (Å²) in [6.45, 7) is 5.10. The average molecular weight is 376 g/mol. The molecule has 0 aliphatic heterocycles. The van der Waals surface area contributed by atoms with Crippen molar-refractivity contribution in [2.75, 3.05) is 6.61 Å². The van der Waals surface area contributed by atoms with Crippen molar-refractivity contribution in [3.63, 3.8) is 0 Å². The number of nitrogens with one attached hydrogen (secondary N) is 3. The Morgan fingerprint density at radius 1 is 0.885 bits per heavy atom. The first kappa shape index (κ1) is 23.8. The fourth-order valence-electron chi connectivity index (χ4n) is 1.92. The second kappa shape index (κ2) is 10.7. The standard InChI is InChI=1S/C15H28N4O7/c1-6(2)10(14(24)19-11(8(4)21)15(25)26)18-13(23)9(5-20)17-12(22)7(3)16/h6-11,20-21H,5,16H2,1-4H3,(H,17,22)(H,18,23)(H,19,24)(H,25,26). The number of hydrogen-bond acceptors (Lipinski definition) is 7. The van der Waals surface area contributed by atoms with Crippen molar-refractivity contribution < 1.29 is 34.5 Å². The summed E-state index contributed by atoms with van der Waals surface area (Å²) in [5.74, 6) is -4.19. The Bertz CT molecular complexity index is 522. The monoisotopic (exact) mass is 376 g/mol. The first-order valence-electron chi connectivity index (χ1n) is 8.10. The van der Waals surface area contributed by atoms with Crippen molar-refractivity contribution >= 4 is 23.7 Å². The van der Waals surface area contributed by atoms with Crippen molar-refractivity contribution in [3.05, 3.63) is 0 Å². The second-order valence-electron chi connectivity index (χ2n) is 6.33. The molecule has 0 fully saturated rings. The molecule has 0 aromatic heterocycles. The molecule has 0 aromatic rings. The van der Waals surface area contributed by atoms with Crippen molar-refractivity contribution in [1.82, 2.24) is 16.0 Å². The minimum absolute atomic E-state index is 0.439. The van der Waals surface area contributed by atoms with E-state index >= 15 is 0 Å². The zero-order valence-corrected chi connectivity index (χ0v) is 15.2. The molecule has 11 heteroatoms. The predicted molar refractivity (Wildman–Crippen MR) is 90.7 cm³/mol. The van der Waals surface area contributed by atoms with Gasteiger partial charge in [-0.2, -0.15) is 0 Å². The van der Waals surface area contributed by atoms with Crippen LogP contribution in [0.4, 0.5) is 0 Å². The summed E-state index contributed by atoms with van der Waals surface area (Å²) in [5.41, 5.74) is 5.38. The van der Waals surface area contributed by atoms with E-state index in [-0.39, 0.29) is 0 Å². The molecule has 0 saturated heterocycles. The third-order valence-electron chi connectivity index (χ3n) is 3.52. The molecule has 26 heavy (non-hydrogen) atoms. The van der Waals surface area contributed by atoms with Crippen LogP contribution in [0, 0.1) is 5.92 Å². The Morgan fingerprint density at radius 3 is 1.73 bits per heavy atom. The van der Waals surface area contributed by atoms with Crippen LogP contribution in [0.2, 0.25) is 0 Å². The summed E-state index contributed by atoms with van der Waals surface area (Å²) in [6.07, 6.45) is -1.35. The number of carboxylic acid groups (broad SMARTS) is 1. The van der Waals surface area contributed by atoms with Crippen LogP contribution in [0.25, 0.3) is 0 Å². The van der Waals surface area contributed by atoms with Crippen molar-refractivity contribution in [2.24, 2.45) is 11.7 Å². The fourth-order valence-corrected chi connectivity index (χ4v) is 1.92. The van der Waals surface area contributed by atoms with Gasteiger partial charge in [-0.05, 0) is 19.8 Å². The van der Waals surface area contributed by atoms with Crippen molar-refractivity contribution in [3.8, 4) is 0 Å². The Morgan fingerprint density at radius 2 is 1.38 bits per heavy atom. The van der Waals surface area contributed by atoms with Gasteiger partial charge in [0.15, 0.2) is 6.04 Å². The van der Waals surface area contributed by atoms with Gasteiger partial charge in [0.05, 0.1) is 18.8 Å². The van der Waals surface area contributed by atoms with Gasteiger partial charge in [0.1, 0.15) is 12.1 Å². The molecule has 0 heterocycles. The second-order valence-corrected chi connectivity index (χ2v) is 6.33. The van der Waals surface area contributed by atoms with Gasteiger partial charge in [-0.3, -0.25) is 14.4 Å². The number of carbonyl (C=O) groups excluding carboxylic acids is 3. The molecule has 0 saturated carbocycles. The third-order valence-corrected chi connectivity index (χ3v) is 3.52. The number of nitrogens with two attached hydrogens (primary N) is 1. The summed E-state index contributed by atoms with van der Waals surface area (Å²) < 4.78 is 0. The minimum atomic E-state index is -1.55. The van der Waals surface area contributed by atoms with Gasteiger partial charge < -0.3 is 37.0 Å². The number of aliphatic carboxylic acids is 1. The van der Waals surface area contributed by atoms with Gasteiger partial charge in [0, 0.05) is 0 Å². The van der Waals surface area contributed by atoms with Gasteiger partial charge in [-0.25, -0.2) is 4.79 Å². The van der Waals surface area contributed by atoms with E-state index < -0.39 is 66.5 Å². The highest BCUT2D eigenvalue weighted by atomic mass is 16.4. The molecule has 5 atom stereocenters. The maximum Gasteiger partial charge on any atom is 0.328 e. The van der Waals surface area contributed by atoms with Crippen LogP contribution >= 0.6 is 0 Å². The van der Waals surface area contributed by atoms with Crippen LogP contribution < -0.4 is 21.7 Å². The number of carboxylic acids is 1. The lowest BCUT2D eigenvalue weighted by molar-refractivity contribution is -0.145. The lowest BCUT2D eigenvalue weighted by atomic mass is 10.0. The lowest BCUT2D eigenvalue weighted by Gasteiger charge is -2.26. The maximum absolute atomic E-state index is 12.3. The van der Waals surface area contributed by atoms with E-state index in [0.717, 1.165) is 0 Å². The first-order valence-corrected chi connectivity index (χ1v) is 8.10. The SMILES string of the molecule is CC(N)C(=O)NC(CO)C(=O)NC(C(=O)NC(C(=O)O)C(C)O)C(C)C. The van der Waals surface area contributed by atoms with Gasteiger partial charge in [-0.1, -0.05) is 13.8 Å². The van der Waals surface area contributed by atoms with Crippen LogP contribution in [0.1, 0.15) is 27.7 Å². The van der Waals surface area contributed by atoms with Crippen LogP contribution in [0.5, 0.6) is 0 Å². The highest BCUT2D eigenvalue weighted by Gasteiger charge is 2.32. The largest absolute Gasteiger partial charge is 0.480 e. The molecule has 11 nitrogen and oxygen atoms in total. The summed E-state index contributed by atoms with van der Waals surface area (Å²) >= 11 is 0. The van der Waals surface area contributed by atoms with Crippen LogP contribution in [0.15, 0.2) is 0 Å². The summed E-state index contributed by atoms with van der Waals surface area (Å²) in [7, 11) is 0. The van der Waals surface area contributed by atoms with Gasteiger partial charge in [0.2, 0.25) is 17.7 Å². The van der Waals surface area contributed by atoms with Crippen LogP contribution in [-0.2, 0) is 19.2 Å². The third kappa shape index (κ3) is 7.33. The molecule has 150 valence electrons. The molecule has 3 amide bonds. The van der Waals surface area contributed by atoms with Gasteiger partial charge in [0.25, 0.3) is 0 Å². The van der Waals surface area contributed by atoms with E-state index in [2.05, 4.69) is 16.0 Å². The zero-order chi connectivity index (χ0) is 20.6. The van der Waals surface area contributed by atoms with E-state index in [1.54, 1.807) is 13.8 Å². The topological polar surface area (TPSA) is 191 Å². The molecule has 0 rings (SSSR count). The number of rotatable bonds is 10. The van der Waals surface area contributed by atoms with E-state index in [4.69, 9.17) is 10.8 Å². The number of amides is 3. The molecule has 0 radical (unpaired) electrons. The average Bonchev–Trinajstić information content (AvgIpc) is 2.53. The Balaban J connectivity index is 5.14. The van der Waals surface area contributed by atoms with E-state index in [1.165, 1.54) is 13.8 Å². The lowest BCUT2D eigenvalue weighted by Crippen LogP contribution is -2.60. The molecule has 0 spiro atoms. The van der Waals surface area contributed by atoms with Gasteiger partial charge >= 0.3 is 5.97 Å². The molecule has 0 aromatic carbocycles. The summed E-state index contributed by atoms with van der Waals surface area (Å²) in [5, 5.41) is 34.5. The predicted octanol–water partition coefficient (Wildman–Crippen LogP) is -3.10. The smallest absolute Gasteiger partial charge is 0.328 e. The number of carbonyl (C=O) groups is 4. The maximum atomic E-state index is 12.3. The summed E-state index contributed by atoms with van der Waals surface area (Å²) in [4.78, 5) is 47.2. The molecule has 0 aliphatic rings. The van der Waals surface area contributed by atoms with Crippen LogP contribution in [0.3, 0.4) is 0 Å². The van der Waals surface area contributed by atoms with Gasteiger partial charge in [-0.15, -0.1) is 0 Å². The Hall–Kier alpha value is -2.24. The number of hydrogen-bond donors (Lipinski definition) is 7. The van der Waals surface area contributed by atoms with Crippen molar-refractivity contribution in [2.45, 2.75) is 58.0 Å². The summed E-state index contributed by atoms with van der Waals surface area (Å²) in [6, 6.07) is -4.92. The quantitative estimate of drug-likeness (QED) is 0.208. The van der Waals surface area contributed by atoms with Crippen LogP contribution in [-0.4, -0.2) is 75.9 Å². The Kier molecular flexibility index (Phi) is 9.76. The number of aliphatic hydroxyl groups is 2. The minimum Gasteiger partial charge on any atom is -0.480 e. The fraction of sp³-hybridized carbons (Fsp3) is 0.733. The highest BCUT2D eigenvalue weighted by molar-refractivity contribution is 5.94. The Labute approximate surface area is 151 Å². The normalized spacial score (nSPS) is 16.8. The zero-order valence-electron chi connectivity index (χ0n) is 15.2. The molecule has 8 N–H and O–H groups in total. The van der Waals surface area contributed by atoms with E-state index in [1.807, 2.05) is 0 Å². The number of aliphatic hydroxyl groups excluding tert-OH is 2. The molecular formula is C15H28N4O7.